The minimum absolute atomic E-state index is 0.0733. The SMILES string of the molecule is CC(Nc1nc(C(=O)NC(C)(C)C)c2sccc2n1)c1ccccn1. The highest BCUT2D eigenvalue weighted by Crippen LogP contribution is 2.25. The lowest BCUT2D eigenvalue weighted by atomic mass is 10.1. The Morgan fingerprint density at radius 1 is 1.20 bits per heavy atom. The van der Waals surface area contributed by atoms with Gasteiger partial charge in [0.15, 0.2) is 5.69 Å². The highest BCUT2D eigenvalue weighted by atomic mass is 32.1. The number of carbonyl (C=O) groups excluding carboxylic acids is 1. The van der Waals surface area contributed by atoms with Crippen LogP contribution in [0.3, 0.4) is 0 Å². The van der Waals surface area contributed by atoms with E-state index in [9.17, 15) is 4.79 Å². The Morgan fingerprint density at radius 3 is 2.68 bits per heavy atom. The van der Waals surface area contributed by atoms with Crippen LogP contribution in [0.5, 0.6) is 0 Å². The fourth-order valence-corrected chi connectivity index (χ4v) is 3.20. The standard InChI is InChI=1S/C18H21N5OS/c1-11(12-7-5-6-9-19-12)20-17-21-13-8-10-25-15(13)14(22-17)16(24)23-18(2,3)4/h5-11H,1-4H3,(H,23,24)(H,20,21,22). The van der Waals surface area contributed by atoms with Crippen molar-refractivity contribution in [2.75, 3.05) is 5.32 Å². The van der Waals surface area contributed by atoms with Gasteiger partial charge in [0.1, 0.15) is 0 Å². The lowest BCUT2D eigenvalue weighted by Crippen LogP contribution is -2.41. The van der Waals surface area contributed by atoms with Crippen molar-refractivity contribution < 1.29 is 4.79 Å². The van der Waals surface area contributed by atoms with E-state index >= 15 is 0 Å². The molecule has 0 fully saturated rings. The van der Waals surface area contributed by atoms with Crippen molar-refractivity contribution in [2.24, 2.45) is 0 Å². The van der Waals surface area contributed by atoms with E-state index in [-0.39, 0.29) is 17.5 Å². The summed E-state index contributed by atoms with van der Waals surface area (Å²) in [5.74, 6) is 0.221. The Hall–Kier alpha value is -2.54. The number of fused-ring (bicyclic) bond motifs is 1. The van der Waals surface area contributed by atoms with Crippen LogP contribution in [0.2, 0.25) is 0 Å². The lowest BCUT2D eigenvalue weighted by Gasteiger charge is -2.20. The van der Waals surface area contributed by atoms with Gasteiger partial charge in [-0.25, -0.2) is 9.97 Å². The Kier molecular flexibility index (Phi) is 4.67. The zero-order valence-corrected chi connectivity index (χ0v) is 15.5. The summed E-state index contributed by atoms with van der Waals surface area (Å²) in [5.41, 5.74) is 1.71. The van der Waals surface area contributed by atoms with Crippen LogP contribution in [0.15, 0.2) is 35.8 Å². The smallest absolute Gasteiger partial charge is 0.271 e. The van der Waals surface area contributed by atoms with Crippen LogP contribution in [0, 0.1) is 0 Å². The van der Waals surface area contributed by atoms with Crippen molar-refractivity contribution in [3.05, 3.63) is 47.2 Å². The maximum absolute atomic E-state index is 12.6. The van der Waals surface area contributed by atoms with E-state index in [1.54, 1.807) is 6.20 Å². The predicted molar refractivity (Wildman–Crippen MR) is 101 cm³/mol. The third-order valence-corrected chi connectivity index (χ3v) is 4.39. The van der Waals surface area contributed by atoms with E-state index in [0.29, 0.717) is 11.6 Å². The summed E-state index contributed by atoms with van der Waals surface area (Å²) < 4.78 is 0.790. The fourth-order valence-electron chi connectivity index (χ4n) is 2.38. The van der Waals surface area contributed by atoms with Crippen molar-refractivity contribution in [1.29, 1.82) is 0 Å². The number of hydrogen-bond donors (Lipinski definition) is 2. The lowest BCUT2D eigenvalue weighted by molar-refractivity contribution is 0.0916. The zero-order chi connectivity index (χ0) is 18.0. The number of nitrogens with zero attached hydrogens (tertiary/aromatic N) is 3. The summed E-state index contributed by atoms with van der Waals surface area (Å²) in [6, 6.07) is 7.57. The van der Waals surface area contributed by atoms with Crippen LogP contribution in [-0.4, -0.2) is 26.4 Å². The molecule has 0 aliphatic carbocycles. The average Bonchev–Trinajstić information content (AvgIpc) is 3.01. The van der Waals surface area contributed by atoms with Gasteiger partial charge >= 0.3 is 0 Å². The summed E-state index contributed by atoms with van der Waals surface area (Å²) in [6.45, 7) is 7.82. The molecule has 0 saturated heterocycles. The molecular formula is C18H21N5OS. The third kappa shape index (κ3) is 4.11. The molecule has 6 nitrogen and oxygen atoms in total. The molecule has 0 radical (unpaired) electrons. The molecule has 3 rings (SSSR count). The second-order valence-electron chi connectivity index (χ2n) is 6.86. The summed E-state index contributed by atoms with van der Waals surface area (Å²) in [4.78, 5) is 26.0. The molecule has 0 saturated carbocycles. The monoisotopic (exact) mass is 355 g/mol. The van der Waals surface area contributed by atoms with E-state index in [0.717, 1.165) is 15.9 Å². The molecule has 3 aromatic heterocycles. The van der Waals surface area contributed by atoms with Crippen molar-refractivity contribution in [3.8, 4) is 0 Å². The first-order chi connectivity index (χ1) is 11.8. The van der Waals surface area contributed by atoms with Crippen molar-refractivity contribution >= 4 is 33.4 Å². The quantitative estimate of drug-likeness (QED) is 0.744. The normalized spacial score (nSPS) is 12.8. The van der Waals surface area contributed by atoms with Gasteiger partial charge in [0.05, 0.1) is 22.0 Å². The summed E-state index contributed by atoms with van der Waals surface area (Å²) in [6.07, 6.45) is 1.75. The Balaban J connectivity index is 1.93. The predicted octanol–water partition coefficient (Wildman–Crippen LogP) is 3.79. The average molecular weight is 355 g/mol. The van der Waals surface area contributed by atoms with E-state index < -0.39 is 0 Å². The number of hydrogen-bond acceptors (Lipinski definition) is 6. The number of aromatic nitrogens is 3. The van der Waals surface area contributed by atoms with Gasteiger partial charge in [0.2, 0.25) is 5.95 Å². The number of rotatable bonds is 4. The molecule has 1 atom stereocenters. The van der Waals surface area contributed by atoms with Crippen molar-refractivity contribution in [2.45, 2.75) is 39.3 Å². The minimum Gasteiger partial charge on any atom is -0.346 e. The van der Waals surface area contributed by atoms with E-state index in [1.807, 2.05) is 57.3 Å². The molecule has 0 aliphatic heterocycles. The highest BCUT2D eigenvalue weighted by molar-refractivity contribution is 7.17. The molecule has 130 valence electrons. The molecule has 0 spiro atoms. The first-order valence-electron chi connectivity index (χ1n) is 8.09. The highest BCUT2D eigenvalue weighted by Gasteiger charge is 2.21. The number of pyridine rings is 1. The molecule has 0 aliphatic rings. The zero-order valence-electron chi connectivity index (χ0n) is 14.7. The maximum atomic E-state index is 12.6. The van der Waals surface area contributed by atoms with Crippen LogP contribution >= 0.6 is 11.3 Å². The molecule has 3 heterocycles. The first kappa shape index (κ1) is 17.3. The van der Waals surface area contributed by atoms with E-state index in [1.165, 1.54) is 11.3 Å². The molecule has 7 heteroatoms. The largest absolute Gasteiger partial charge is 0.346 e. The van der Waals surface area contributed by atoms with Crippen LogP contribution in [0.4, 0.5) is 5.95 Å². The van der Waals surface area contributed by atoms with Gasteiger partial charge in [-0.3, -0.25) is 9.78 Å². The number of anilines is 1. The van der Waals surface area contributed by atoms with Crippen LogP contribution in [0.25, 0.3) is 10.2 Å². The topological polar surface area (TPSA) is 79.8 Å². The van der Waals surface area contributed by atoms with Gasteiger partial charge < -0.3 is 10.6 Å². The molecule has 2 N–H and O–H groups in total. The van der Waals surface area contributed by atoms with E-state index in [4.69, 9.17) is 0 Å². The minimum atomic E-state index is -0.333. The Bertz CT molecular complexity index is 885. The van der Waals surface area contributed by atoms with Gasteiger partial charge in [0, 0.05) is 11.7 Å². The molecule has 0 aromatic carbocycles. The number of carbonyl (C=O) groups is 1. The van der Waals surface area contributed by atoms with Crippen LogP contribution in [-0.2, 0) is 0 Å². The van der Waals surface area contributed by atoms with E-state index in [2.05, 4.69) is 25.6 Å². The summed E-state index contributed by atoms with van der Waals surface area (Å²) in [7, 11) is 0. The van der Waals surface area contributed by atoms with Crippen LogP contribution in [0.1, 0.15) is 49.9 Å². The summed E-state index contributed by atoms with van der Waals surface area (Å²) >= 11 is 1.47. The second-order valence-corrected chi connectivity index (χ2v) is 7.77. The molecule has 0 bridgehead atoms. The van der Waals surface area contributed by atoms with Gasteiger partial charge in [-0.05, 0) is 51.3 Å². The second kappa shape index (κ2) is 6.76. The van der Waals surface area contributed by atoms with Gasteiger partial charge in [0.25, 0.3) is 5.91 Å². The molecule has 3 aromatic rings. The molecular weight excluding hydrogens is 334 g/mol. The van der Waals surface area contributed by atoms with Crippen LogP contribution < -0.4 is 10.6 Å². The third-order valence-electron chi connectivity index (χ3n) is 3.48. The first-order valence-corrected chi connectivity index (χ1v) is 8.97. The number of nitrogens with one attached hydrogen (secondary N) is 2. The van der Waals surface area contributed by atoms with Gasteiger partial charge in [-0.1, -0.05) is 6.07 Å². The van der Waals surface area contributed by atoms with Crippen molar-refractivity contribution in [1.82, 2.24) is 20.3 Å². The number of thiophene rings is 1. The van der Waals surface area contributed by atoms with Gasteiger partial charge in [-0.15, -0.1) is 11.3 Å². The molecule has 25 heavy (non-hydrogen) atoms. The Labute approximate surface area is 150 Å². The molecule has 1 unspecified atom stereocenters. The summed E-state index contributed by atoms with van der Waals surface area (Å²) in [5, 5.41) is 8.12. The van der Waals surface area contributed by atoms with Crippen molar-refractivity contribution in [3.63, 3.8) is 0 Å². The Morgan fingerprint density at radius 2 is 2.00 bits per heavy atom. The molecule has 1 amide bonds. The fraction of sp³-hybridized carbons (Fsp3) is 0.333. The maximum Gasteiger partial charge on any atom is 0.271 e. The number of amides is 1. The van der Waals surface area contributed by atoms with Gasteiger partial charge in [-0.2, -0.15) is 0 Å².